The first-order valence-corrected chi connectivity index (χ1v) is 7.29. The van der Waals surface area contributed by atoms with Gasteiger partial charge in [0.25, 0.3) is 0 Å². The Kier molecular flexibility index (Phi) is 4.02. The van der Waals surface area contributed by atoms with Crippen molar-refractivity contribution in [3.8, 4) is 0 Å². The molecule has 0 spiro atoms. The number of benzene rings is 2. The van der Waals surface area contributed by atoms with E-state index in [2.05, 4.69) is 24.0 Å². The molecule has 0 aliphatic heterocycles. The highest BCUT2D eigenvalue weighted by atomic mass is 16.4. The number of hydrogen-bond acceptors (Lipinski definition) is 3. The van der Waals surface area contributed by atoms with Crippen LogP contribution in [0.4, 0.5) is 0 Å². The Morgan fingerprint density at radius 3 is 2.67 bits per heavy atom. The largest absolute Gasteiger partial charge is 0.441 e. The number of aliphatic hydroxyl groups is 1. The Balaban J connectivity index is 1.61. The van der Waals surface area contributed by atoms with Crippen molar-refractivity contribution in [2.45, 2.75) is 32.3 Å². The molecule has 3 aromatic rings. The van der Waals surface area contributed by atoms with Crippen molar-refractivity contribution in [2.24, 2.45) is 0 Å². The smallest absolute Gasteiger partial charge is 0.198 e. The molecular formula is C18H19NO2. The minimum atomic E-state index is -0.433. The van der Waals surface area contributed by atoms with E-state index in [1.54, 1.807) is 0 Å². The molecule has 1 unspecified atom stereocenters. The highest BCUT2D eigenvalue weighted by Crippen LogP contribution is 2.17. The summed E-state index contributed by atoms with van der Waals surface area (Å²) in [6, 6.07) is 16.0. The second kappa shape index (κ2) is 6.10. The fraction of sp³-hybridized carbons (Fsp3) is 0.278. The molecule has 0 fully saturated rings. The molecule has 0 radical (unpaired) electrons. The third kappa shape index (κ3) is 3.31. The van der Waals surface area contributed by atoms with Gasteiger partial charge in [-0.2, -0.15) is 0 Å². The van der Waals surface area contributed by atoms with Crippen molar-refractivity contribution >= 4 is 11.1 Å². The van der Waals surface area contributed by atoms with Gasteiger partial charge in [0.15, 0.2) is 11.5 Å². The zero-order valence-electron chi connectivity index (χ0n) is 12.1. The molecule has 0 bridgehead atoms. The standard InChI is InChI=1S/C18H19NO2/c1-13-6-2-3-7-14(13)10-11-15(20)12-18-19-16-8-4-5-9-17(16)21-18/h2-9,15,20H,10-12H2,1H3. The summed E-state index contributed by atoms with van der Waals surface area (Å²) in [5, 5.41) is 10.2. The summed E-state index contributed by atoms with van der Waals surface area (Å²) in [4.78, 5) is 4.40. The van der Waals surface area contributed by atoms with Crippen LogP contribution in [0.1, 0.15) is 23.4 Å². The molecule has 2 aromatic carbocycles. The predicted molar refractivity (Wildman–Crippen MR) is 83.2 cm³/mol. The topological polar surface area (TPSA) is 46.3 Å². The molecule has 0 amide bonds. The average molecular weight is 281 g/mol. The van der Waals surface area contributed by atoms with Gasteiger partial charge in [0.05, 0.1) is 12.5 Å². The minimum absolute atomic E-state index is 0.433. The molecule has 3 rings (SSSR count). The van der Waals surface area contributed by atoms with E-state index < -0.39 is 6.10 Å². The van der Waals surface area contributed by atoms with E-state index in [0.717, 1.165) is 17.5 Å². The lowest BCUT2D eigenvalue weighted by atomic mass is 10.0. The van der Waals surface area contributed by atoms with Gasteiger partial charge in [-0.3, -0.25) is 0 Å². The predicted octanol–water partition coefficient (Wildman–Crippen LogP) is 3.67. The van der Waals surface area contributed by atoms with Gasteiger partial charge >= 0.3 is 0 Å². The Morgan fingerprint density at radius 2 is 1.86 bits per heavy atom. The molecule has 1 atom stereocenters. The second-order valence-corrected chi connectivity index (χ2v) is 5.40. The number of hydrogen-bond donors (Lipinski definition) is 1. The van der Waals surface area contributed by atoms with E-state index in [1.165, 1.54) is 11.1 Å². The number of fused-ring (bicyclic) bond motifs is 1. The molecule has 1 aromatic heterocycles. The molecule has 3 heteroatoms. The van der Waals surface area contributed by atoms with Crippen LogP contribution in [-0.4, -0.2) is 16.2 Å². The number of rotatable bonds is 5. The highest BCUT2D eigenvalue weighted by Gasteiger charge is 2.12. The first-order valence-electron chi connectivity index (χ1n) is 7.29. The first kappa shape index (κ1) is 13.8. The maximum Gasteiger partial charge on any atom is 0.198 e. The van der Waals surface area contributed by atoms with E-state index in [9.17, 15) is 5.11 Å². The monoisotopic (exact) mass is 281 g/mol. The SMILES string of the molecule is Cc1ccccc1CCC(O)Cc1nc2ccccc2o1. The highest BCUT2D eigenvalue weighted by molar-refractivity contribution is 5.72. The second-order valence-electron chi connectivity index (χ2n) is 5.40. The van der Waals surface area contributed by atoms with Gasteiger partial charge in [-0.05, 0) is 43.0 Å². The average Bonchev–Trinajstić information content (AvgIpc) is 2.88. The fourth-order valence-corrected chi connectivity index (χ4v) is 2.52. The van der Waals surface area contributed by atoms with Crippen molar-refractivity contribution in [1.82, 2.24) is 4.98 Å². The summed E-state index contributed by atoms with van der Waals surface area (Å²) in [6.45, 7) is 2.10. The van der Waals surface area contributed by atoms with Gasteiger partial charge in [0.1, 0.15) is 5.52 Å². The molecule has 1 heterocycles. The summed E-state index contributed by atoms with van der Waals surface area (Å²) >= 11 is 0. The van der Waals surface area contributed by atoms with Gasteiger partial charge in [0.2, 0.25) is 0 Å². The Bertz CT molecular complexity index is 700. The third-order valence-corrected chi connectivity index (χ3v) is 3.76. The van der Waals surface area contributed by atoms with E-state index in [4.69, 9.17) is 4.42 Å². The molecule has 0 aliphatic carbocycles. The molecule has 1 N–H and O–H groups in total. The number of aryl methyl sites for hydroxylation is 2. The van der Waals surface area contributed by atoms with Gasteiger partial charge in [-0.15, -0.1) is 0 Å². The van der Waals surface area contributed by atoms with Crippen molar-refractivity contribution in [1.29, 1.82) is 0 Å². The van der Waals surface area contributed by atoms with Gasteiger partial charge in [-0.25, -0.2) is 4.98 Å². The summed E-state index contributed by atoms with van der Waals surface area (Å²) in [5.74, 6) is 0.605. The molecule has 0 aliphatic rings. The van der Waals surface area contributed by atoms with E-state index >= 15 is 0 Å². The number of para-hydroxylation sites is 2. The van der Waals surface area contributed by atoms with E-state index in [0.29, 0.717) is 18.7 Å². The molecule has 21 heavy (non-hydrogen) atoms. The summed E-state index contributed by atoms with van der Waals surface area (Å²) < 4.78 is 5.64. The lowest BCUT2D eigenvalue weighted by Gasteiger charge is -2.09. The van der Waals surface area contributed by atoms with Crippen LogP contribution < -0.4 is 0 Å². The Morgan fingerprint density at radius 1 is 1.10 bits per heavy atom. The number of aromatic nitrogens is 1. The van der Waals surface area contributed by atoms with Gasteiger partial charge < -0.3 is 9.52 Å². The summed E-state index contributed by atoms with van der Waals surface area (Å²) in [7, 11) is 0. The number of aliphatic hydroxyl groups excluding tert-OH is 1. The van der Waals surface area contributed by atoms with Crippen LogP contribution >= 0.6 is 0 Å². The lowest BCUT2D eigenvalue weighted by molar-refractivity contribution is 0.157. The molecule has 108 valence electrons. The zero-order valence-corrected chi connectivity index (χ0v) is 12.1. The lowest BCUT2D eigenvalue weighted by Crippen LogP contribution is -2.12. The van der Waals surface area contributed by atoms with Crippen LogP contribution in [-0.2, 0) is 12.8 Å². The summed E-state index contributed by atoms with van der Waals surface area (Å²) in [5.41, 5.74) is 4.18. The fourth-order valence-electron chi connectivity index (χ4n) is 2.52. The molecule has 3 nitrogen and oxygen atoms in total. The van der Waals surface area contributed by atoms with Crippen LogP contribution in [0.5, 0.6) is 0 Å². The minimum Gasteiger partial charge on any atom is -0.441 e. The quantitative estimate of drug-likeness (QED) is 0.776. The molecule has 0 saturated carbocycles. The number of oxazole rings is 1. The molecule has 0 saturated heterocycles. The number of nitrogens with zero attached hydrogens (tertiary/aromatic N) is 1. The summed E-state index contributed by atoms with van der Waals surface area (Å²) in [6.07, 6.45) is 1.61. The van der Waals surface area contributed by atoms with E-state index in [-0.39, 0.29) is 0 Å². The van der Waals surface area contributed by atoms with Crippen molar-refractivity contribution < 1.29 is 9.52 Å². The van der Waals surface area contributed by atoms with Crippen LogP contribution in [0, 0.1) is 6.92 Å². The Hall–Kier alpha value is -2.13. The van der Waals surface area contributed by atoms with Crippen LogP contribution in [0.3, 0.4) is 0 Å². The van der Waals surface area contributed by atoms with Crippen LogP contribution in [0.25, 0.3) is 11.1 Å². The third-order valence-electron chi connectivity index (χ3n) is 3.76. The first-order chi connectivity index (χ1) is 10.2. The zero-order chi connectivity index (χ0) is 14.7. The van der Waals surface area contributed by atoms with Crippen LogP contribution in [0.2, 0.25) is 0 Å². The van der Waals surface area contributed by atoms with Gasteiger partial charge in [0, 0.05) is 0 Å². The van der Waals surface area contributed by atoms with Crippen LogP contribution in [0.15, 0.2) is 52.9 Å². The van der Waals surface area contributed by atoms with Crippen molar-refractivity contribution in [3.63, 3.8) is 0 Å². The Labute approximate surface area is 124 Å². The maximum absolute atomic E-state index is 10.2. The van der Waals surface area contributed by atoms with Gasteiger partial charge in [-0.1, -0.05) is 36.4 Å². The van der Waals surface area contributed by atoms with E-state index in [1.807, 2.05) is 36.4 Å². The van der Waals surface area contributed by atoms with Crippen molar-refractivity contribution in [3.05, 3.63) is 65.5 Å². The van der Waals surface area contributed by atoms with Crippen molar-refractivity contribution in [2.75, 3.05) is 0 Å². The molecular weight excluding hydrogens is 262 g/mol. The maximum atomic E-state index is 10.2. The normalized spacial score (nSPS) is 12.7.